The molecule has 8 heavy (non-hydrogen) atoms. The number of allylic oxidation sites excluding steroid dienone is 4. The summed E-state index contributed by atoms with van der Waals surface area (Å²) < 4.78 is 0.403. The summed E-state index contributed by atoms with van der Waals surface area (Å²) in [6.07, 6.45) is 9.97. The third-order valence-electron chi connectivity index (χ3n) is 1.38. The Bertz CT molecular complexity index is 121. The van der Waals surface area contributed by atoms with E-state index < -0.39 is 0 Å². The molecule has 0 radical (unpaired) electrons. The van der Waals surface area contributed by atoms with E-state index in [0.717, 1.165) is 0 Å². The Hall–Kier alpha value is 0.116. The molecule has 0 N–H and O–H groups in total. The van der Waals surface area contributed by atoms with Crippen molar-refractivity contribution >= 4 is 0 Å². The fourth-order valence-electron chi connectivity index (χ4n) is 0.718. The predicted octanol–water partition coefficient (Wildman–Crippen LogP) is 2.23. The van der Waals surface area contributed by atoms with E-state index in [-0.39, 0.29) is 0 Å². The Morgan fingerprint density at radius 3 is 2.12 bits per heavy atom. The van der Waals surface area contributed by atoms with Gasteiger partial charge in [0.05, 0.1) is 0 Å². The van der Waals surface area contributed by atoms with E-state index in [1.165, 1.54) is 6.42 Å². The van der Waals surface area contributed by atoms with Crippen LogP contribution >= 0.6 is 0 Å². The Morgan fingerprint density at radius 2 is 1.88 bits per heavy atom. The van der Waals surface area contributed by atoms with Crippen LogP contribution in [0.4, 0.5) is 0 Å². The second-order valence-corrected chi connectivity index (χ2v) is 4.34. The van der Waals surface area contributed by atoms with E-state index in [1.54, 1.807) is 0 Å². The maximum atomic E-state index is 2.26. The minimum atomic E-state index is 0.403. The molecule has 1 heteroatoms. The van der Waals surface area contributed by atoms with Gasteiger partial charge in [-0.3, -0.25) is 0 Å². The van der Waals surface area contributed by atoms with Crippen molar-refractivity contribution in [3.05, 3.63) is 24.3 Å². The molecule has 0 bridgehead atoms. The van der Waals surface area contributed by atoms with Crippen LogP contribution < -0.4 is 0 Å². The fraction of sp³-hybridized carbons (Fsp3) is 0.429. The Morgan fingerprint density at radius 1 is 1.38 bits per heavy atom. The zero-order chi connectivity index (χ0) is 6.04. The van der Waals surface area contributed by atoms with Crippen LogP contribution in [-0.2, 0) is 18.6 Å². The van der Waals surface area contributed by atoms with Crippen molar-refractivity contribution in [2.45, 2.75) is 17.3 Å². The molecule has 0 fully saturated rings. The van der Waals surface area contributed by atoms with E-state index in [2.05, 4.69) is 31.2 Å². The second-order valence-electron chi connectivity index (χ2n) is 1.98. The van der Waals surface area contributed by atoms with Crippen LogP contribution in [-0.4, -0.2) is 0 Å². The average molecular weight is 283 g/mol. The van der Waals surface area contributed by atoms with Gasteiger partial charge in [0.2, 0.25) is 0 Å². The first-order valence-corrected chi connectivity index (χ1v) is 4.08. The van der Waals surface area contributed by atoms with E-state index in [4.69, 9.17) is 0 Å². The van der Waals surface area contributed by atoms with Crippen molar-refractivity contribution in [3.8, 4) is 0 Å². The van der Waals surface area contributed by atoms with Crippen LogP contribution in [0.15, 0.2) is 24.3 Å². The van der Waals surface area contributed by atoms with Gasteiger partial charge in [-0.2, -0.15) is 0 Å². The number of rotatable bonds is 1. The molecule has 0 aromatic carbocycles. The Labute approximate surface area is 60.6 Å². The molecule has 0 saturated carbocycles. The summed E-state index contributed by atoms with van der Waals surface area (Å²) in [5, 5.41) is 0. The molecular weight excluding hydrogens is 274 g/mol. The van der Waals surface area contributed by atoms with Gasteiger partial charge in [-0.15, -0.1) is 0 Å². The van der Waals surface area contributed by atoms with Crippen LogP contribution in [0.25, 0.3) is 0 Å². The molecule has 0 amide bonds. The summed E-state index contributed by atoms with van der Waals surface area (Å²) >= 11 is 2.05. The molecular formula is C7H9Os. The summed E-state index contributed by atoms with van der Waals surface area (Å²) in [5.74, 6) is 0. The average Bonchev–Trinajstić information content (AvgIpc) is 2.17. The monoisotopic (exact) mass is 285 g/mol. The summed E-state index contributed by atoms with van der Waals surface area (Å²) in [5.41, 5.74) is 0. The summed E-state index contributed by atoms with van der Waals surface area (Å²) in [4.78, 5) is 0. The van der Waals surface area contributed by atoms with Gasteiger partial charge in [0.1, 0.15) is 0 Å². The molecule has 0 aromatic heterocycles. The van der Waals surface area contributed by atoms with Crippen molar-refractivity contribution < 1.29 is 18.6 Å². The van der Waals surface area contributed by atoms with E-state index >= 15 is 0 Å². The second kappa shape index (κ2) is 2.15. The normalized spacial score (nSPS) is 22.2. The first kappa shape index (κ1) is 6.24. The Balaban J connectivity index is 2.69. The third kappa shape index (κ3) is 1.09. The summed E-state index contributed by atoms with van der Waals surface area (Å²) in [7, 11) is 0. The minimum absolute atomic E-state index is 0.403. The zero-order valence-corrected chi connectivity index (χ0v) is 7.41. The van der Waals surface area contributed by atoms with Crippen molar-refractivity contribution in [3.63, 3.8) is 0 Å². The number of hydrogen-bond acceptors (Lipinski definition) is 0. The maximum absolute atomic E-state index is 2.26. The van der Waals surface area contributed by atoms with Gasteiger partial charge in [-0.05, 0) is 0 Å². The Kier molecular flexibility index (Phi) is 1.68. The van der Waals surface area contributed by atoms with Crippen molar-refractivity contribution in [2.24, 2.45) is 0 Å². The molecule has 0 heterocycles. The molecule has 1 aliphatic rings. The molecule has 0 aromatic rings. The van der Waals surface area contributed by atoms with Gasteiger partial charge < -0.3 is 0 Å². The molecule has 0 saturated heterocycles. The van der Waals surface area contributed by atoms with Crippen molar-refractivity contribution in [1.82, 2.24) is 0 Å². The molecule has 0 atom stereocenters. The molecule has 0 spiro atoms. The van der Waals surface area contributed by atoms with Gasteiger partial charge in [-0.1, -0.05) is 0 Å². The number of hydrogen-bond donors (Lipinski definition) is 0. The standard InChI is InChI=1S/C7H9.Os/c1-2-7-5-3-4-6-7;/h3-6H,2H2,1H3;. The van der Waals surface area contributed by atoms with Gasteiger partial charge in [-0.25, -0.2) is 0 Å². The van der Waals surface area contributed by atoms with E-state index in [0.29, 0.717) is 3.97 Å². The molecule has 0 unspecified atom stereocenters. The van der Waals surface area contributed by atoms with E-state index in [1.807, 2.05) is 18.6 Å². The van der Waals surface area contributed by atoms with Gasteiger partial charge in [0, 0.05) is 0 Å². The van der Waals surface area contributed by atoms with Gasteiger partial charge in [0.25, 0.3) is 0 Å². The van der Waals surface area contributed by atoms with Crippen LogP contribution in [0.1, 0.15) is 13.3 Å². The van der Waals surface area contributed by atoms with Crippen LogP contribution in [0.2, 0.25) is 3.97 Å². The third-order valence-corrected chi connectivity index (χ3v) is 3.13. The predicted molar refractivity (Wildman–Crippen MR) is 31.3 cm³/mol. The van der Waals surface area contributed by atoms with Crippen molar-refractivity contribution in [2.75, 3.05) is 0 Å². The SMILES string of the molecule is CC[C]1([Os])C=CC=C1. The first-order valence-electron chi connectivity index (χ1n) is 2.81. The fourth-order valence-corrected chi connectivity index (χ4v) is 1.21. The van der Waals surface area contributed by atoms with Gasteiger partial charge in [0.15, 0.2) is 0 Å². The van der Waals surface area contributed by atoms with Crippen LogP contribution in [0.5, 0.6) is 0 Å². The summed E-state index contributed by atoms with van der Waals surface area (Å²) in [6.45, 7) is 2.22. The molecule has 1 aliphatic carbocycles. The molecule has 0 nitrogen and oxygen atoms in total. The topological polar surface area (TPSA) is 0 Å². The molecule has 1 rings (SSSR count). The van der Waals surface area contributed by atoms with Gasteiger partial charge >= 0.3 is 60.2 Å². The summed E-state index contributed by atoms with van der Waals surface area (Å²) in [6, 6.07) is 0. The van der Waals surface area contributed by atoms with Crippen molar-refractivity contribution in [1.29, 1.82) is 0 Å². The first-order chi connectivity index (χ1) is 3.77. The van der Waals surface area contributed by atoms with E-state index in [9.17, 15) is 0 Å². The zero-order valence-electron chi connectivity index (χ0n) is 4.87. The van der Waals surface area contributed by atoms with Crippen LogP contribution in [0, 0.1) is 0 Å². The van der Waals surface area contributed by atoms with Crippen LogP contribution in [0.3, 0.4) is 0 Å². The quantitative estimate of drug-likeness (QED) is 0.692. The molecule has 45 valence electrons. The molecule has 0 aliphatic heterocycles.